The molecule has 0 radical (unpaired) electrons. The van der Waals surface area contributed by atoms with Crippen LogP contribution in [-0.4, -0.2) is 26.3 Å². The molecule has 0 aliphatic rings. The summed E-state index contributed by atoms with van der Waals surface area (Å²) in [5.74, 6) is -0.135. The van der Waals surface area contributed by atoms with E-state index in [4.69, 9.17) is 5.73 Å². The lowest BCUT2D eigenvalue weighted by Crippen LogP contribution is -2.29. The van der Waals surface area contributed by atoms with Gasteiger partial charge in [0.05, 0.1) is 4.90 Å². The summed E-state index contributed by atoms with van der Waals surface area (Å²) in [5, 5.41) is 0. The van der Waals surface area contributed by atoms with E-state index < -0.39 is 15.8 Å². The molecular formula is C14H23FN2O2S. The van der Waals surface area contributed by atoms with Gasteiger partial charge >= 0.3 is 0 Å². The number of sulfonamides is 1. The maximum Gasteiger partial charge on any atom is 0.243 e. The second-order valence-corrected chi connectivity index (χ2v) is 7.43. The zero-order chi connectivity index (χ0) is 15.5. The molecule has 0 atom stereocenters. The molecule has 0 spiro atoms. The highest BCUT2D eigenvalue weighted by molar-refractivity contribution is 7.89. The summed E-state index contributed by atoms with van der Waals surface area (Å²) < 4.78 is 40.1. The largest absolute Gasteiger partial charge is 0.326 e. The molecule has 0 saturated heterocycles. The quantitative estimate of drug-likeness (QED) is 0.876. The standard InChI is InChI=1S/C14H23FN2O2S/c1-10(2)5-6-17(4)20(18,19)14-8-12(9-16)7-13(15)11(14)3/h7-8,10H,5-6,9,16H2,1-4H3. The minimum absolute atomic E-state index is 0.00389. The van der Waals surface area contributed by atoms with Crippen LogP contribution in [0.1, 0.15) is 31.4 Å². The average molecular weight is 302 g/mol. The lowest BCUT2D eigenvalue weighted by atomic mass is 10.1. The average Bonchev–Trinajstić information content (AvgIpc) is 2.38. The Balaban J connectivity index is 3.18. The highest BCUT2D eigenvalue weighted by Gasteiger charge is 2.24. The van der Waals surface area contributed by atoms with E-state index >= 15 is 0 Å². The van der Waals surface area contributed by atoms with Crippen molar-refractivity contribution in [3.63, 3.8) is 0 Å². The van der Waals surface area contributed by atoms with E-state index in [1.165, 1.54) is 30.4 Å². The normalized spacial score (nSPS) is 12.4. The van der Waals surface area contributed by atoms with Gasteiger partial charge in [-0.05, 0) is 37.0 Å². The molecule has 1 aromatic rings. The molecule has 6 heteroatoms. The van der Waals surface area contributed by atoms with Crippen molar-refractivity contribution in [3.05, 3.63) is 29.1 Å². The highest BCUT2D eigenvalue weighted by atomic mass is 32.2. The van der Waals surface area contributed by atoms with Crippen LogP contribution in [0.3, 0.4) is 0 Å². The molecule has 0 heterocycles. The fourth-order valence-electron chi connectivity index (χ4n) is 1.82. The van der Waals surface area contributed by atoms with E-state index in [-0.39, 0.29) is 17.0 Å². The number of halogens is 1. The predicted molar refractivity (Wildman–Crippen MR) is 78.3 cm³/mol. The number of hydrogen-bond donors (Lipinski definition) is 1. The Hall–Kier alpha value is -0.980. The van der Waals surface area contributed by atoms with Crippen molar-refractivity contribution in [1.82, 2.24) is 4.31 Å². The second kappa shape index (κ2) is 6.65. The number of nitrogens with zero attached hydrogens (tertiary/aromatic N) is 1. The van der Waals surface area contributed by atoms with Crippen LogP contribution in [0.25, 0.3) is 0 Å². The number of rotatable bonds is 6. The molecule has 0 amide bonds. The van der Waals surface area contributed by atoms with Crippen LogP contribution in [0.2, 0.25) is 0 Å². The third-order valence-corrected chi connectivity index (χ3v) is 5.28. The molecule has 0 aromatic heterocycles. The monoisotopic (exact) mass is 302 g/mol. The van der Waals surface area contributed by atoms with Gasteiger partial charge in [-0.3, -0.25) is 0 Å². The lowest BCUT2D eigenvalue weighted by molar-refractivity contribution is 0.427. The Morgan fingerprint density at radius 3 is 2.45 bits per heavy atom. The van der Waals surface area contributed by atoms with Crippen molar-refractivity contribution in [3.8, 4) is 0 Å². The third kappa shape index (κ3) is 3.77. The van der Waals surface area contributed by atoms with Crippen LogP contribution in [0.5, 0.6) is 0 Å². The first-order valence-corrected chi connectivity index (χ1v) is 8.09. The minimum Gasteiger partial charge on any atom is -0.326 e. The van der Waals surface area contributed by atoms with Gasteiger partial charge in [0.2, 0.25) is 10.0 Å². The van der Waals surface area contributed by atoms with Crippen LogP contribution in [-0.2, 0) is 16.6 Å². The van der Waals surface area contributed by atoms with Gasteiger partial charge in [-0.25, -0.2) is 17.1 Å². The Bertz CT molecular complexity index is 571. The van der Waals surface area contributed by atoms with Gasteiger partial charge in [0.15, 0.2) is 0 Å². The van der Waals surface area contributed by atoms with Crippen LogP contribution in [0.4, 0.5) is 4.39 Å². The second-order valence-electron chi connectivity index (χ2n) is 5.41. The summed E-state index contributed by atoms with van der Waals surface area (Å²) in [5.41, 5.74) is 6.09. The fraction of sp³-hybridized carbons (Fsp3) is 0.571. The molecule has 1 aromatic carbocycles. The summed E-state index contributed by atoms with van der Waals surface area (Å²) in [6.07, 6.45) is 0.758. The Kier molecular flexibility index (Phi) is 5.68. The maximum absolute atomic E-state index is 13.8. The molecular weight excluding hydrogens is 279 g/mol. The molecule has 0 unspecified atom stereocenters. The molecule has 1 rings (SSSR count). The molecule has 20 heavy (non-hydrogen) atoms. The van der Waals surface area contributed by atoms with Crippen LogP contribution in [0.15, 0.2) is 17.0 Å². The Morgan fingerprint density at radius 1 is 1.35 bits per heavy atom. The van der Waals surface area contributed by atoms with E-state index in [1.807, 2.05) is 13.8 Å². The number of benzene rings is 1. The highest BCUT2D eigenvalue weighted by Crippen LogP contribution is 2.23. The predicted octanol–water partition coefficient (Wildman–Crippen LogP) is 2.26. The summed E-state index contributed by atoms with van der Waals surface area (Å²) >= 11 is 0. The molecule has 0 saturated carbocycles. The Labute approximate surface area is 120 Å². The molecule has 0 fully saturated rings. The Morgan fingerprint density at radius 2 is 1.95 bits per heavy atom. The number of nitrogens with two attached hydrogens (primary N) is 1. The van der Waals surface area contributed by atoms with Crippen LogP contribution >= 0.6 is 0 Å². The zero-order valence-electron chi connectivity index (χ0n) is 12.5. The molecule has 0 bridgehead atoms. The lowest BCUT2D eigenvalue weighted by Gasteiger charge is -2.20. The summed E-state index contributed by atoms with van der Waals surface area (Å²) in [6.45, 7) is 6.04. The van der Waals surface area contributed by atoms with Gasteiger partial charge in [0.25, 0.3) is 0 Å². The molecule has 0 aliphatic heterocycles. The van der Waals surface area contributed by atoms with Gasteiger partial charge in [-0.1, -0.05) is 13.8 Å². The zero-order valence-corrected chi connectivity index (χ0v) is 13.3. The third-order valence-electron chi connectivity index (χ3n) is 3.30. The smallest absolute Gasteiger partial charge is 0.243 e. The molecule has 114 valence electrons. The fourth-order valence-corrected chi connectivity index (χ4v) is 3.29. The van der Waals surface area contributed by atoms with Crippen molar-refractivity contribution in [1.29, 1.82) is 0 Å². The van der Waals surface area contributed by atoms with Crippen molar-refractivity contribution < 1.29 is 12.8 Å². The van der Waals surface area contributed by atoms with E-state index in [9.17, 15) is 12.8 Å². The van der Waals surface area contributed by atoms with E-state index in [1.54, 1.807) is 0 Å². The first-order chi connectivity index (χ1) is 9.20. The van der Waals surface area contributed by atoms with Crippen molar-refractivity contribution >= 4 is 10.0 Å². The first kappa shape index (κ1) is 17.1. The van der Waals surface area contributed by atoms with Gasteiger partial charge in [-0.2, -0.15) is 0 Å². The SMILES string of the molecule is Cc1c(F)cc(CN)cc1S(=O)(=O)N(C)CCC(C)C. The summed E-state index contributed by atoms with van der Waals surface area (Å²) in [4.78, 5) is 0.00389. The van der Waals surface area contributed by atoms with Crippen molar-refractivity contribution in [2.75, 3.05) is 13.6 Å². The van der Waals surface area contributed by atoms with Gasteiger partial charge < -0.3 is 5.73 Å². The molecule has 0 aliphatic carbocycles. The maximum atomic E-state index is 13.8. The summed E-state index contributed by atoms with van der Waals surface area (Å²) in [7, 11) is -2.16. The van der Waals surface area contributed by atoms with E-state index in [0.717, 1.165) is 6.42 Å². The molecule has 2 N–H and O–H groups in total. The van der Waals surface area contributed by atoms with Crippen LogP contribution < -0.4 is 5.73 Å². The number of hydrogen-bond acceptors (Lipinski definition) is 3. The first-order valence-electron chi connectivity index (χ1n) is 6.65. The van der Waals surface area contributed by atoms with Gasteiger partial charge in [0.1, 0.15) is 5.82 Å². The minimum atomic E-state index is -3.68. The van der Waals surface area contributed by atoms with Gasteiger partial charge in [-0.15, -0.1) is 0 Å². The topological polar surface area (TPSA) is 63.4 Å². The van der Waals surface area contributed by atoms with Crippen molar-refractivity contribution in [2.45, 2.75) is 38.6 Å². The van der Waals surface area contributed by atoms with Crippen molar-refractivity contribution in [2.24, 2.45) is 11.7 Å². The molecule has 4 nitrogen and oxygen atoms in total. The van der Waals surface area contributed by atoms with E-state index in [2.05, 4.69) is 0 Å². The summed E-state index contributed by atoms with van der Waals surface area (Å²) in [6, 6.07) is 2.74. The van der Waals surface area contributed by atoms with E-state index in [0.29, 0.717) is 18.0 Å². The van der Waals surface area contributed by atoms with Gasteiger partial charge in [0, 0.05) is 25.7 Å². The van der Waals surface area contributed by atoms with Crippen LogP contribution in [0, 0.1) is 18.7 Å².